The number of amides is 2. The number of nitrogens with one attached hydrogen (secondary N) is 2. The molecule has 2 aromatic carbocycles. The fraction of sp³-hybridized carbons (Fsp3) is 0.158. The van der Waals surface area contributed by atoms with E-state index in [9.17, 15) is 9.90 Å². The third kappa shape index (κ3) is 4.68. The Kier molecular flexibility index (Phi) is 5.43. The first-order chi connectivity index (χ1) is 12.2. The normalized spacial score (nSPS) is 11.7. The molecule has 3 rings (SSSR count). The van der Waals surface area contributed by atoms with Crippen molar-refractivity contribution in [1.82, 2.24) is 10.3 Å². The third-order valence-electron chi connectivity index (χ3n) is 3.68. The van der Waals surface area contributed by atoms with Crippen LogP contribution in [-0.4, -0.2) is 28.8 Å². The fourth-order valence-electron chi connectivity index (χ4n) is 2.51. The van der Waals surface area contributed by atoms with Crippen molar-refractivity contribution >= 4 is 11.7 Å². The Morgan fingerprint density at radius 1 is 1.16 bits per heavy atom. The first kappa shape index (κ1) is 16.7. The molecule has 0 spiro atoms. The summed E-state index contributed by atoms with van der Waals surface area (Å²) in [6, 6.07) is 16.2. The SMILES string of the molecule is O=C(Nc1cccc(-c2ncco2)c1)N[C@H](CO)Cc1ccccc1. The van der Waals surface area contributed by atoms with Gasteiger partial charge >= 0.3 is 6.03 Å². The molecule has 1 aromatic heterocycles. The summed E-state index contributed by atoms with van der Waals surface area (Å²) in [5.41, 5.74) is 2.43. The van der Waals surface area contributed by atoms with Crippen LogP contribution in [0.15, 0.2) is 71.5 Å². The van der Waals surface area contributed by atoms with E-state index in [0.717, 1.165) is 11.1 Å². The lowest BCUT2D eigenvalue weighted by molar-refractivity contribution is 0.224. The highest BCUT2D eigenvalue weighted by Gasteiger charge is 2.12. The second-order valence-electron chi connectivity index (χ2n) is 5.59. The zero-order valence-electron chi connectivity index (χ0n) is 13.6. The van der Waals surface area contributed by atoms with Crippen LogP contribution in [0, 0.1) is 0 Å². The van der Waals surface area contributed by atoms with E-state index in [1.165, 1.54) is 6.26 Å². The maximum absolute atomic E-state index is 12.2. The Balaban J connectivity index is 1.61. The molecule has 0 radical (unpaired) electrons. The highest BCUT2D eigenvalue weighted by atomic mass is 16.3. The summed E-state index contributed by atoms with van der Waals surface area (Å²) >= 11 is 0. The van der Waals surface area contributed by atoms with Gasteiger partial charge in [0, 0.05) is 11.3 Å². The van der Waals surface area contributed by atoms with Crippen molar-refractivity contribution in [1.29, 1.82) is 0 Å². The number of aliphatic hydroxyl groups is 1. The molecule has 3 aromatic rings. The molecule has 0 saturated carbocycles. The lowest BCUT2D eigenvalue weighted by atomic mass is 10.1. The smallest absolute Gasteiger partial charge is 0.319 e. The maximum atomic E-state index is 12.2. The minimum absolute atomic E-state index is 0.140. The van der Waals surface area contributed by atoms with Crippen molar-refractivity contribution in [3.05, 3.63) is 72.6 Å². The van der Waals surface area contributed by atoms with E-state index >= 15 is 0 Å². The summed E-state index contributed by atoms with van der Waals surface area (Å²) in [6.45, 7) is -0.140. The average molecular weight is 337 g/mol. The molecule has 3 N–H and O–H groups in total. The van der Waals surface area contributed by atoms with Crippen molar-refractivity contribution in [2.24, 2.45) is 0 Å². The first-order valence-corrected chi connectivity index (χ1v) is 7.97. The van der Waals surface area contributed by atoms with E-state index in [0.29, 0.717) is 18.0 Å². The van der Waals surface area contributed by atoms with Crippen molar-refractivity contribution in [2.45, 2.75) is 12.5 Å². The van der Waals surface area contributed by atoms with Gasteiger partial charge in [-0.1, -0.05) is 36.4 Å². The Morgan fingerprint density at radius 2 is 2.00 bits per heavy atom. The van der Waals surface area contributed by atoms with Gasteiger partial charge in [0.05, 0.1) is 18.8 Å². The van der Waals surface area contributed by atoms with Crippen LogP contribution in [0.2, 0.25) is 0 Å². The van der Waals surface area contributed by atoms with Gasteiger partial charge in [0.1, 0.15) is 6.26 Å². The van der Waals surface area contributed by atoms with Gasteiger partial charge < -0.3 is 20.2 Å². The number of nitrogens with zero attached hydrogens (tertiary/aromatic N) is 1. The largest absolute Gasteiger partial charge is 0.445 e. The van der Waals surface area contributed by atoms with Gasteiger partial charge in [-0.25, -0.2) is 9.78 Å². The lowest BCUT2D eigenvalue weighted by Gasteiger charge is -2.17. The van der Waals surface area contributed by atoms with Gasteiger partial charge in [-0.2, -0.15) is 0 Å². The minimum atomic E-state index is -0.375. The Morgan fingerprint density at radius 3 is 2.72 bits per heavy atom. The van der Waals surface area contributed by atoms with Gasteiger partial charge in [0.2, 0.25) is 5.89 Å². The molecule has 0 unspecified atom stereocenters. The van der Waals surface area contributed by atoms with Crippen LogP contribution in [-0.2, 0) is 6.42 Å². The number of urea groups is 1. The number of benzene rings is 2. The maximum Gasteiger partial charge on any atom is 0.319 e. The van der Waals surface area contributed by atoms with Crippen LogP contribution in [0.25, 0.3) is 11.5 Å². The average Bonchev–Trinajstić information content (AvgIpc) is 3.17. The van der Waals surface area contributed by atoms with Crippen molar-refractivity contribution in [3.63, 3.8) is 0 Å². The monoisotopic (exact) mass is 337 g/mol. The number of oxazole rings is 1. The zero-order chi connectivity index (χ0) is 17.5. The molecule has 0 aliphatic rings. The highest BCUT2D eigenvalue weighted by Crippen LogP contribution is 2.20. The summed E-state index contributed by atoms with van der Waals surface area (Å²) in [5.74, 6) is 0.487. The van der Waals surface area contributed by atoms with Gasteiger partial charge in [-0.3, -0.25) is 0 Å². The van der Waals surface area contributed by atoms with E-state index in [1.54, 1.807) is 18.3 Å². The molecule has 128 valence electrons. The molecule has 0 fully saturated rings. The van der Waals surface area contributed by atoms with Crippen LogP contribution < -0.4 is 10.6 Å². The molecular formula is C19H19N3O3. The van der Waals surface area contributed by atoms with Crippen LogP contribution in [0.4, 0.5) is 10.5 Å². The predicted octanol–water partition coefficient (Wildman–Crippen LogP) is 3.07. The molecule has 6 nitrogen and oxygen atoms in total. The fourth-order valence-corrected chi connectivity index (χ4v) is 2.51. The summed E-state index contributed by atoms with van der Waals surface area (Å²) in [7, 11) is 0. The second-order valence-corrected chi connectivity index (χ2v) is 5.59. The molecule has 1 heterocycles. The minimum Gasteiger partial charge on any atom is -0.445 e. The zero-order valence-corrected chi connectivity index (χ0v) is 13.6. The van der Waals surface area contributed by atoms with Crippen LogP contribution in [0.1, 0.15) is 5.56 Å². The van der Waals surface area contributed by atoms with Crippen molar-refractivity contribution in [3.8, 4) is 11.5 Å². The Bertz CT molecular complexity index is 804. The number of hydrogen-bond donors (Lipinski definition) is 3. The van der Waals surface area contributed by atoms with Crippen LogP contribution in [0.5, 0.6) is 0 Å². The molecule has 2 amide bonds. The topological polar surface area (TPSA) is 87.4 Å². The number of anilines is 1. The third-order valence-corrected chi connectivity index (χ3v) is 3.68. The molecule has 1 atom stereocenters. The number of carbonyl (C=O) groups is 1. The molecule has 0 saturated heterocycles. The number of carbonyl (C=O) groups excluding carboxylic acids is 1. The molecule has 0 aliphatic heterocycles. The lowest BCUT2D eigenvalue weighted by Crippen LogP contribution is -2.41. The van der Waals surface area contributed by atoms with Gasteiger partial charge in [-0.15, -0.1) is 0 Å². The molecular weight excluding hydrogens is 318 g/mol. The van der Waals surface area contributed by atoms with Crippen LogP contribution in [0.3, 0.4) is 0 Å². The van der Waals surface area contributed by atoms with E-state index in [2.05, 4.69) is 15.6 Å². The number of hydrogen-bond acceptors (Lipinski definition) is 4. The van der Waals surface area contributed by atoms with Gasteiger partial charge in [0.25, 0.3) is 0 Å². The van der Waals surface area contributed by atoms with E-state index in [1.807, 2.05) is 42.5 Å². The van der Waals surface area contributed by atoms with E-state index in [-0.39, 0.29) is 18.7 Å². The quantitative estimate of drug-likeness (QED) is 0.645. The van der Waals surface area contributed by atoms with E-state index < -0.39 is 0 Å². The standard InChI is InChI=1S/C19H19N3O3/c23-13-17(11-14-5-2-1-3-6-14)22-19(24)21-16-8-4-7-15(12-16)18-20-9-10-25-18/h1-10,12,17,23H,11,13H2,(H2,21,22,24)/t17-/m0/s1. The molecule has 25 heavy (non-hydrogen) atoms. The Labute approximate surface area is 145 Å². The summed E-state index contributed by atoms with van der Waals surface area (Å²) in [5, 5.41) is 15.1. The van der Waals surface area contributed by atoms with Crippen molar-refractivity contribution in [2.75, 3.05) is 11.9 Å². The molecule has 0 bridgehead atoms. The summed E-state index contributed by atoms with van der Waals surface area (Å²) in [4.78, 5) is 16.3. The number of rotatable bonds is 6. The first-order valence-electron chi connectivity index (χ1n) is 7.97. The summed E-state index contributed by atoms with van der Waals surface area (Å²) < 4.78 is 5.26. The predicted molar refractivity (Wildman–Crippen MR) is 95.1 cm³/mol. The van der Waals surface area contributed by atoms with Gasteiger partial charge in [-0.05, 0) is 30.2 Å². The second kappa shape index (κ2) is 8.12. The van der Waals surface area contributed by atoms with Crippen LogP contribution >= 0.6 is 0 Å². The Hall–Kier alpha value is -3.12. The number of aromatic nitrogens is 1. The number of aliphatic hydroxyl groups excluding tert-OH is 1. The molecule has 6 heteroatoms. The summed E-state index contributed by atoms with van der Waals surface area (Å²) in [6.07, 6.45) is 3.62. The van der Waals surface area contributed by atoms with Crippen molar-refractivity contribution < 1.29 is 14.3 Å². The molecule has 0 aliphatic carbocycles. The van der Waals surface area contributed by atoms with Gasteiger partial charge in [0.15, 0.2) is 0 Å². The highest BCUT2D eigenvalue weighted by molar-refractivity contribution is 5.90. The van der Waals surface area contributed by atoms with E-state index in [4.69, 9.17) is 4.42 Å².